The van der Waals surface area contributed by atoms with Crippen molar-refractivity contribution in [1.29, 1.82) is 0 Å². The van der Waals surface area contributed by atoms with Gasteiger partial charge in [0.1, 0.15) is 0 Å². The zero-order valence-electron chi connectivity index (χ0n) is 12.1. The number of carbonyl (C=O) groups is 1. The van der Waals surface area contributed by atoms with Crippen LogP contribution < -0.4 is 5.32 Å². The number of likely N-dealkylation sites (tertiary alicyclic amines) is 1. The zero-order chi connectivity index (χ0) is 15.6. The number of anilines is 1. The lowest BCUT2D eigenvalue weighted by Crippen LogP contribution is -2.42. The Morgan fingerprint density at radius 2 is 2.24 bits per heavy atom. The molecule has 1 aromatic carbocycles. The molecule has 1 heterocycles. The fourth-order valence-corrected chi connectivity index (χ4v) is 2.59. The number of aromatic carboxylic acids is 1. The van der Waals surface area contributed by atoms with Crippen molar-refractivity contribution >= 4 is 17.3 Å². The summed E-state index contributed by atoms with van der Waals surface area (Å²) >= 11 is 0. The van der Waals surface area contributed by atoms with E-state index < -0.39 is 10.9 Å². The summed E-state index contributed by atoms with van der Waals surface area (Å²) in [7, 11) is 2.06. The summed E-state index contributed by atoms with van der Waals surface area (Å²) in [6.07, 6.45) is 1.82. The van der Waals surface area contributed by atoms with Crippen molar-refractivity contribution in [3.8, 4) is 0 Å². The molecular weight excluding hydrogens is 274 g/mol. The molecule has 2 atom stereocenters. The Kier molecular flexibility index (Phi) is 4.42. The van der Waals surface area contributed by atoms with Crippen molar-refractivity contribution in [1.82, 2.24) is 4.90 Å². The van der Waals surface area contributed by atoms with Crippen molar-refractivity contribution in [2.24, 2.45) is 0 Å². The molecule has 0 aliphatic carbocycles. The van der Waals surface area contributed by atoms with E-state index >= 15 is 0 Å². The van der Waals surface area contributed by atoms with Crippen LogP contribution in [-0.2, 0) is 0 Å². The zero-order valence-corrected chi connectivity index (χ0v) is 12.1. The first-order chi connectivity index (χ1) is 9.88. The van der Waals surface area contributed by atoms with Gasteiger partial charge in [-0.2, -0.15) is 0 Å². The second kappa shape index (κ2) is 6.09. The van der Waals surface area contributed by atoms with Gasteiger partial charge in [-0.15, -0.1) is 0 Å². The summed E-state index contributed by atoms with van der Waals surface area (Å²) in [5.41, 5.74) is 0.167. The lowest BCUT2D eigenvalue weighted by Gasteiger charge is -2.36. The van der Waals surface area contributed by atoms with Gasteiger partial charge in [-0.3, -0.25) is 10.1 Å². The number of nitro groups is 1. The first-order valence-electron chi connectivity index (χ1n) is 6.87. The number of nitrogens with one attached hydrogen (secondary N) is 1. The monoisotopic (exact) mass is 293 g/mol. The third-order valence-corrected chi connectivity index (χ3v) is 4.01. The summed E-state index contributed by atoms with van der Waals surface area (Å²) in [6.45, 7) is 3.07. The third-order valence-electron chi connectivity index (χ3n) is 4.01. The van der Waals surface area contributed by atoms with Crippen molar-refractivity contribution in [2.45, 2.75) is 31.8 Å². The quantitative estimate of drug-likeness (QED) is 0.652. The maximum atomic E-state index is 11.3. The average Bonchev–Trinajstić information content (AvgIpc) is 2.43. The number of carboxylic acids is 1. The van der Waals surface area contributed by atoms with E-state index in [1.54, 1.807) is 0 Å². The van der Waals surface area contributed by atoms with Crippen LogP contribution in [0.1, 0.15) is 30.1 Å². The Labute approximate surface area is 122 Å². The molecule has 7 nitrogen and oxygen atoms in total. The number of benzene rings is 1. The van der Waals surface area contributed by atoms with Crippen LogP contribution in [0.4, 0.5) is 11.4 Å². The number of nitrogens with zero attached hydrogens (tertiary/aromatic N) is 2. The average molecular weight is 293 g/mol. The topological polar surface area (TPSA) is 95.7 Å². The van der Waals surface area contributed by atoms with Crippen LogP contribution in [0.5, 0.6) is 0 Å². The molecule has 0 amide bonds. The van der Waals surface area contributed by atoms with Gasteiger partial charge in [-0.05, 0) is 32.9 Å². The molecule has 1 aliphatic heterocycles. The molecule has 21 heavy (non-hydrogen) atoms. The molecule has 0 aromatic heterocycles. The van der Waals surface area contributed by atoms with Crippen molar-refractivity contribution < 1.29 is 14.8 Å². The third kappa shape index (κ3) is 3.49. The van der Waals surface area contributed by atoms with Gasteiger partial charge in [-0.25, -0.2) is 4.79 Å². The van der Waals surface area contributed by atoms with Crippen molar-refractivity contribution in [3.05, 3.63) is 33.9 Å². The first-order valence-corrected chi connectivity index (χ1v) is 6.87. The van der Waals surface area contributed by atoms with Gasteiger partial charge < -0.3 is 15.3 Å². The van der Waals surface area contributed by atoms with Crippen LogP contribution in [0.25, 0.3) is 0 Å². The van der Waals surface area contributed by atoms with Gasteiger partial charge in [-0.1, -0.05) is 0 Å². The molecular formula is C14H19N3O4. The summed E-state index contributed by atoms with van der Waals surface area (Å²) < 4.78 is 0. The molecule has 1 aliphatic rings. The van der Waals surface area contributed by atoms with Gasteiger partial charge >= 0.3 is 5.97 Å². The summed E-state index contributed by atoms with van der Waals surface area (Å²) in [5.74, 6) is -1.16. The summed E-state index contributed by atoms with van der Waals surface area (Å²) in [4.78, 5) is 23.7. The SMILES string of the molecule is CC1CC(Nc2ccc([N+](=O)[O-])cc2C(=O)O)CCN1C. The Bertz CT molecular complexity index is 561. The van der Waals surface area contributed by atoms with Gasteiger partial charge in [0.05, 0.1) is 10.5 Å². The van der Waals surface area contributed by atoms with E-state index in [0.29, 0.717) is 11.7 Å². The molecule has 2 unspecified atom stereocenters. The second-order valence-corrected chi connectivity index (χ2v) is 5.49. The molecule has 1 saturated heterocycles. The van der Waals surface area contributed by atoms with E-state index in [-0.39, 0.29) is 17.3 Å². The van der Waals surface area contributed by atoms with Crippen LogP contribution >= 0.6 is 0 Å². The number of rotatable bonds is 4. The highest BCUT2D eigenvalue weighted by molar-refractivity contribution is 5.95. The van der Waals surface area contributed by atoms with Crippen LogP contribution in [0, 0.1) is 10.1 Å². The van der Waals surface area contributed by atoms with E-state index in [1.165, 1.54) is 12.1 Å². The van der Waals surface area contributed by atoms with E-state index in [0.717, 1.165) is 25.5 Å². The molecule has 2 rings (SSSR count). The highest BCUT2D eigenvalue weighted by Crippen LogP contribution is 2.26. The van der Waals surface area contributed by atoms with Crippen LogP contribution in [0.2, 0.25) is 0 Å². The molecule has 0 spiro atoms. The minimum Gasteiger partial charge on any atom is -0.478 e. The molecule has 2 N–H and O–H groups in total. The van der Waals surface area contributed by atoms with Gasteiger partial charge in [0.25, 0.3) is 5.69 Å². The number of piperidine rings is 1. The number of nitro benzene ring substituents is 1. The second-order valence-electron chi connectivity index (χ2n) is 5.49. The van der Waals surface area contributed by atoms with Crippen molar-refractivity contribution in [2.75, 3.05) is 18.9 Å². The van der Waals surface area contributed by atoms with Gasteiger partial charge in [0.2, 0.25) is 0 Å². The van der Waals surface area contributed by atoms with E-state index in [1.807, 2.05) is 0 Å². The van der Waals surface area contributed by atoms with E-state index in [4.69, 9.17) is 0 Å². The van der Waals surface area contributed by atoms with Gasteiger partial charge in [0.15, 0.2) is 0 Å². The number of hydrogen-bond acceptors (Lipinski definition) is 5. The molecule has 114 valence electrons. The highest BCUT2D eigenvalue weighted by atomic mass is 16.6. The Balaban J connectivity index is 2.19. The van der Waals surface area contributed by atoms with Crippen molar-refractivity contribution in [3.63, 3.8) is 0 Å². The fraction of sp³-hybridized carbons (Fsp3) is 0.500. The lowest BCUT2D eigenvalue weighted by atomic mass is 9.98. The number of non-ortho nitro benzene ring substituents is 1. The number of hydrogen-bond donors (Lipinski definition) is 2. The Morgan fingerprint density at radius 1 is 1.52 bits per heavy atom. The van der Waals surface area contributed by atoms with Crippen LogP contribution in [0.15, 0.2) is 18.2 Å². The van der Waals surface area contributed by atoms with Crippen LogP contribution in [-0.4, -0.2) is 46.6 Å². The highest BCUT2D eigenvalue weighted by Gasteiger charge is 2.24. The molecule has 7 heteroatoms. The number of carboxylic acid groups (broad SMARTS) is 1. The molecule has 1 aromatic rings. The summed E-state index contributed by atoms with van der Waals surface area (Å²) in [6, 6.07) is 4.50. The predicted octanol–water partition coefficient (Wildman–Crippen LogP) is 2.19. The lowest BCUT2D eigenvalue weighted by molar-refractivity contribution is -0.384. The maximum Gasteiger partial charge on any atom is 0.338 e. The standard InChI is InChI=1S/C14H19N3O4/c1-9-7-10(5-6-16(9)2)15-13-4-3-11(17(20)21)8-12(13)14(18)19/h3-4,8-10,15H,5-7H2,1-2H3,(H,18,19). The minimum atomic E-state index is -1.16. The Morgan fingerprint density at radius 3 is 2.81 bits per heavy atom. The smallest absolute Gasteiger partial charge is 0.338 e. The van der Waals surface area contributed by atoms with Crippen LogP contribution in [0.3, 0.4) is 0 Å². The van der Waals surface area contributed by atoms with E-state index in [2.05, 4.69) is 24.2 Å². The van der Waals surface area contributed by atoms with E-state index in [9.17, 15) is 20.0 Å². The molecule has 0 saturated carbocycles. The molecule has 0 radical (unpaired) electrons. The Hall–Kier alpha value is -2.15. The van der Waals surface area contributed by atoms with Gasteiger partial charge in [0, 0.05) is 36.4 Å². The molecule has 0 bridgehead atoms. The summed E-state index contributed by atoms with van der Waals surface area (Å²) in [5, 5.41) is 23.2. The largest absolute Gasteiger partial charge is 0.478 e. The predicted molar refractivity (Wildman–Crippen MR) is 78.8 cm³/mol. The minimum absolute atomic E-state index is 0.0595. The maximum absolute atomic E-state index is 11.3. The normalized spacial score (nSPS) is 22.8. The molecule has 1 fully saturated rings. The fourth-order valence-electron chi connectivity index (χ4n) is 2.59. The first kappa shape index (κ1) is 15.2.